The predicted octanol–water partition coefficient (Wildman–Crippen LogP) is 26.6. The minimum atomic E-state index is -0.843. The van der Waals surface area contributed by atoms with Crippen molar-refractivity contribution in [2.24, 2.45) is 0 Å². The number of rotatable bonds is 76. The summed E-state index contributed by atoms with van der Waals surface area (Å²) in [7, 11) is 0. The number of nitrogens with one attached hydrogen (secondary N) is 1. The van der Waals surface area contributed by atoms with Crippen molar-refractivity contribution >= 4 is 11.9 Å². The number of allylic oxidation sites excluding steroid dienone is 5. The van der Waals surface area contributed by atoms with Crippen molar-refractivity contribution in [1.82, 2.24) is 5.32 Å². The van der Waals surface area contributed by atoms with Gasteiger partial charge in [-0.05, 0) is 64.2 Å². The lowest BCUT2D eigenvalue weighted by molar-refractivity contribution is -0.143. The molecule has 2 atom stereocenters. The van der Waals surface area contributed by atoms with Gasteiger partial charge >= 0.3 is 5.97 Å². The predicted molar refractivity (Wildman–Crippen MR) is 389 cm³/mol. The van der Waals surface area contributed by atoms with Gasteiger partial charge in [0, 0.05) is 12.8 Å². The minimum absolute atomic E-state index is 0.00819. The van der Waals surface area contributed by atoms with Crippen LogP contribution in [0.15, 0.2) is 36.5 Å². The number of aliphatic hydroxyl groups excluding tert-OH is 2. The Balaban J connectivity index is 3.35. The molecule has 0 fully saturated rings. The molecule has 6 nitrogen and oxygen atoms in total. The molecule has 0 aliphatic rings. The molecule has 0 bridgehead atoms. The lowest BCUT2D eigenvalue weighted by atomic mass is 10.0. The van der Waals surface area contributed by atoms with Crippen LogP contribution >= 0.6 is 0 Å². The topological polar surface area (TPSA) is 95.9 Å². The summed E-state index contributed by atoms with van der Waals surface area (Å²) < 4.78 is 5.50. The monoisotopic (exact) mass is 1240 g/mol. The molecule has 0 spiro atoms. The molecule has 88 heavy (non-hydrogen) atoms. The van der Waals surface area contributed by atoms with Crippen LogP contribution in [0, 0.1) is 0 Å². The van der Waals surface area contributed by atoms with Crippen molar-refractivity contribution in [1.29, 1.82) is 0 Å². The van der Waals surface area contributed by atoms with Gasteiger partial charge in [-0.1, -0.05) is 410 Å². The molecular formula is C82H157NO5. The van der Waals surface area contributed by atoms with Crippen LogP contribution in [-0.4, -0.2) is 47.4 Å². The zero-order valence-electron chi connectivity index (χ0n) is 59.7. The molecule has 520 valence electrons. The zero-order chi connectivity index (χ0) is 63.5. The lowest BCUT2D eigenvalue weighted by Gasteiger charge is -2.20. The van der Waals surface area contributed by atoms with Gasteiger partial charge in [0.25, 0.3) is 0 Å². The fraction of sp³-hybridized carbons (Fsp3) is 0.902. The van der Waals surface area contributed by atoms with E-state index in [9.17, 15) is 19.8 Å². The molecule has 0 saturated heterocycles. The lowest BCUT2D eigenvalue weighted by Crippen LogP contribution is -2.45. The van der Waals surface area contributed by atoms with Gasteiger partial charge < -0.3 is 20.3 Å². The van der Waals surface area contributed by atoms with Crippen LogP contribution in [0.25, 0.3) is 0 Å². The second-order valence-electron chi connectivity index (χ2n) is 27.8. The maximum atomic E-state index is 12.6. The van der Waals surface area contributed by atoms with Crippen molar-refractivity contribution < 1.29 is 24.5 Å². The van der Waals surface area contributed by atoms with Crippen molar-refractivity contribution in [2.45, 2.75) is 463 Å². The van der Waals surface area contributed by atoms with Gasteiger partial charge in [0.2, 0.25) is 5.91 Å². The molecule has 0 aliphatic heterocycles. The number of esters is 1. The van der Waals surface area contributed by atoms with Crippen molar-refractivity contribution in [2.75, 3.05) is 13.2 Å². The van der Waals surface area contributed by atoms with Gasteiger partial charge in [0.1, 0.15) is 0 Å². The highest BCUT2D eigenvalue weighted by atomic mass is 16.5. The first-order chi connectivity index (χ1) is 43.5. The van der Waals surface area contributed by atoms with E-state index in [0.717, 1.165) is 51.4 Å². The Morgan fingerprint density at radius 2 is 0.568 bits per heavy atom. The molecule has 0 aliphatic carbocycles. The maximum Gasteiger partial charge on any atom is 0.305 e. The molecule has 0 radical (unpaired) electrons. The largest absolute Gasteiger partial charge is 0.466 e. The standard InChI is InChI=1S/C82H157NO5/c1-3-5-7-9-11-13-15-17-19-21-22-23-34-37-40-43-46-50-54-58-62-66-70-74-80(85)79(78-84)83-81(86)75-71-67-63-59-55-51-47-44-41-38-35-32-30-28-26-24-25-27-29-31-33-36-39-42-45-49-53-57-61-65-69-73-77-88-82(87)76-72-68-64-60-56-52-48-20-18-16-14-12-10-8-6-4-2/h14,16,20,48,70,74,79-80,84-85H,3-13,15,17-19,21-47,49-69,71-73,75-78H2,1-2H3,(H,83,86)/b16-14-,48-20-,74-70+. The van der Waals surface area contributed by atoms with E-state index in [-0.39, 0.29) is 18.5 Å². The number of carbonyl (C=O) groups excluding carboxylic acids is 2. The van der Waals surface area contributed by atoms with Crippen molar-refractivity contribution in [3.63, 3.8) is 0 Å². The number of aliphatic hydroxyl groups is 2. The van der Waals surface area contributed by atoms with E-state index in [1.165, 1.54) is 372 Å². The average molecular weight is 1240 g/mol. The highest BCUT2D eigenvalue weighted by Crippen LogP contribution is 2.20. The van der Waals surface area contributed by atoms with Crippen LogP contribution in [0.1, 0.15) is 450 Å². The summed E-state index contributed by atoms with van der Waals surface area (Å²) in [6.45, 7) is 4.93. The molecule has 3 N–H and O–H groups in total. The fourth-order valence-electron chi connectivity index (χ4n) is 12.8. The maximum absolute atomic E-state index is 12.6. The van der Waals surface area contributed by atoms with Gasteiger partial charge in [0.05, 0.1) is 25.4 Å². The smallest absolute Gasteiger partial charge is 0.305 e. The third-order valence-electron chi connectivity index (χ3n) is 18.9. The van der Waals surface area contributed by atoms with E-state index in [0.29, 0.717) is 19.4 Å². The first kappa shape index (κ1) is 86.1. The molecule has 2 unspecified atom stereocenters. The van der Waals surface area contributed by atoms with E-state index >= 15 is 0 Å². The molecule has 0 aromatic rings. The summed E-state index contributed by atoms with van der Waals surface area (Å²) in [5, 5.41) is 23.3. The fourth-order valence-corrected chi connectivity index (χ4v) is 12.8. The number of hydrogen-bond acceptors (Lipinski definition) is 5. The van der Waals surface area contributed by atoms with E-state index in [4.69, 9.17) is 4.74 Å². The zero-order valence-corrected chi connectivity index (χ0v) is 59.7. The third-order valence-corrected chi connectivity index (χ3v) is 18.9. The van der Waals surface area contributed by atoms with Crippen LogP contribution in [0.2, 0.25) is 0 Å². The second-order valence-corrected chi connectivity index (χ2v) is 27.8. The molecule has 0 aromatic carbocycles. The number of amides is 1. The Kier molecular flexibility index (Phi) is 75.8. The highest BCUT2D eigenvalue weighted by Gasteiger charge is 2.18. The second kappa shape index (κ2) is 77.5. The Hall–Kier alpha value is -1.92. The van der Waals surface area contributed by atoms with Crippen LogP contribution < -0.4 is 5.32 Å². The Bertz CT molecular complexity index is 1430. The first-order valence-corrected chi connectivity index (χ1v) is 40.3. The molecule has 6 heteroatoms. The number of ether oxygens (including phenoxy) is 1. The summed E-state index contributed by atoms with van der Waals surface area (Å²) in [5.74, 6) is -0.0504. The van der Waals surface area contributed by atoms with E-state index in [2.05, 4.69) is 43.5 Å². The van der Waals surface area contributed by atoms with Gasteiger partial charge in [-0.15, -0.1) is 0 Å². The molecule has 0 rings (SSSR count). The molecule has 1 amide bonds. The summed E-state index contributed by atoms with van der Waals surface area (Å²) in [6, 6.07) is -0.626. The minimum Gasteiger partial charge on any atom is -0.466 e. The van der Waals surface area contributed by atoms with Gasteiger partial charge in [-0.25, -0.2) is 0 Å². The summed E-state index contributed by atoms with van der Waals surface area (Å²) in [5.41, 5.74) is 0. The summed E-state index contributed by atoms with van der Waals surface area (Å²) in [4.78, 5) is 24.6. The van der Waals surface area contributed by atoms with Gasteiger partial charge in [-0.2, -0.15) is 0 Å². The molecule has 0 heterocycles. The molecule has 0 aromatic heterocycles. The Morgan fingerprint density at radius 3 is 0.875 bits per heavy atom. The third kappa shape index (κ3) is 73.1. The SMILES string of the molecule is CCCCCC/C=C\C/C=C\CCCCCCCC(=O)OCCCCCCCCCCCCCCCCCCCCCCCCCCCCCCCCCCC(=O)NC(CO)C(O)/C=C/CCCCCCCCCCCCCCCCCCCCCCC. The number of carbonyl (C=O) groups is 2. The first-order valence-electron chi connectivity index (χ1n) is 40.3. The van der Waals surface area contributed by atoms with E-state index < -0.39 is 12.1 Å². The molecular weight excluding hydrogens is 1080 g/mol. The van der Waals surface area contributed by atoms with Crippen LogP contribution in [0.4, 0.5) is 0 Å². The number of hydrogen-bond donors (Lipinski definition) is 3. The van der Waals surface area contributed by atoms with Gasteiger partial charge in [-0.3, -0.25) is 9.59 Å². The van der Waals surface area contributed by atoms with Crippen molar-refractivity contribution in [3.8, 4) is 0 Å². The Labute approximate surface area is 551 Å². The summed E-state index contributed by atoms with van der Waals surface area (Å²) >= 11 is 0. The van der Waals surface area contributed by atoms with E-state index in [1.807, 2.05) is 6.08 Å². The quantitative estimate of drug-likeness (QED) is 0.0320. The average Bonchev–Trinajstić information content (AvgIpc) is 3.58. The number of unbranched alkanes of at least 4 members (excludes halogenated alkanes) is 61. The van der Waals surface area contributed by atoms with Crippen LogP contribution in [0.3, 0.4) is 0 Å². The van der Waals surface area contributed by atoms with Crippen molar-refractivity contribution in [3.05, 3.63) is 36.5 Å². The normalized spacial score (nSPS) is 12.6. The summed E-state index contributed by atoms with van der Waals surface area (Å²) in [6.07, 6.45) is 101. The Morgan fingerprint density at radius 1 is 0.318 bits per heavy atom. The van der Waals surface area contributed by atoms with E-state index in [1.54, 1.807) is 6.08 Å². The van der Waals surface area contributed by atoms with Crippen LogP contribution in [-0.2, 0) is 14.3 Å². The highest BCUT2D eigenvalue weighted by molar-refractivity contribution is 5.76. The molecule has 0 saturated carbocycles. The van der Waals surface area contributed by atoms with Gasteiger partial charge in [0.15, 0.2) is 0 Å². The van der Waals surface area contributed by atoms with Crippen LogP contribution in [0.5, 0.6) is 0 Å².